The van der Waals surface area contributed by atoms with Crippen molar-refractivity contribution < 1.29 is 4.42 Å². The summed E-state index contributed by atoms with van der Waals surface area (Å²) in [6, 6.07) is 40.3. The summed E-state index contributed by atoms with van der Waals surface area (Å²) in [4.78, 5) is 10.7. The van der Waals surface area contributed by atoms with Crippen LogP contribution in [0, 0.1) is 0 Å². The summed E-state index contributed by atoms with van der Waals surface area (Å²) in [5.74, 6) is 0.664. The molecule has 0 fully saturated rings. The van der Waals surface area contributed by atoms with Gasteiger partial charge in [-0.25, -0.2) is 9.97 Å². The highest BCUT2D eigenvalue weighted by Gasteiger charge is 2.40. The Kier molecular flexibility index (Phi) is 4.36. The second kappa shape index (κ2) is 7.92. The van der Waals surface area contributed by atoms with Crippen LogP contribution in [-0.2, 0) is 5.41 Å². The predicted molar refractivity (Wildman–Crippen MR) is 167 cm³/mol. The Balaban J connectivity index is 1.44. The zero-order valence-electron chi connectivity index (χ0n) is 22.7. The molecule has 0 amide bonds. The topological polar surface area (TPSA) is 43.9 Å². The second-order valence-corrected chi connectivity index (χ2v) is 11.4. The quantitative estimate of drug-likeness (QED) is 0.225. The standard InChI is InChI=1S/C37H25N3O/c1-37(2)27-17-9-6-15-25(27)34-32(37)33(22-12-4-3-5-13-22)38-36(39-34)40-28-18-10-7-16-26(28)31-29(40)21-20-24-23-14-8-11-19-30(23)41-35(24)31/h3-21H,1-2H3. The van der Waals surface area contributed by atoms with E-state index in [1.54, 1.807) is 0 Å². The average Bonchev–Trinajstić information content (AvgIpc) is 3.63. The van der Waals surface area contributed by atoms with E-state index in [1.165, 1.54) is 16.7 Å². The van der Waals surface area contributed by atoms with Crippen LogP contribution in [0.4, 0.5) is 0 Å². The lowest BCUT2D eigenvalue weighted by Gasteiger charge is -2.24. The Morgan fingerprint density at radius 2 is 1.32 bits per heavy atom. The van der Waals surface area contributed by atoms with E-state index < -0.39 is 0 Å². The molecular formula is C37H25N3O. The van der Waals surface area contributed by atoms with Crippen LogP contribution in [0.3, 0.4) is 0 Å². The lowest BCUT2D eigenvalue weighted by Crippen LogP contribution is -2.18. The first-order valence-electron chi connectivity index (χ1n) is 14.0. The minimum atomic E-state index is -0.225. The minimum absolute atomic E-state index is 0.225. The number of hydrogen-bond acceptors (Lipinski definition) is 3. The second-order valence-electron chi connectivity index (χ2n) is 11.4. The molecule has 4 heteroatoms. The molecule has 3 aromatic heterocycles. The SMILES string of the molecule is CC1(C)c2ccccc2-c2nc(-n3c4ccccc4c4c5oc6ccccc6c5ccc43)nc(-c3ccccc3)c21. The van der Waals surface area contributed by atoms with Gasteiger partial charge in [0.1, 0.15) is 11.2 Å². The molecule has 0 saturated carbocycles. The third-order valence-electron chi connectivity index (χ3n) is 8.81. The first-order chi connectivity index (χ1) is 20.1. The van der Waals surface area contributed by atoms with E-state index in [4.69, 9.17) is 14.4 Å². The molecule has 0 bridgehead atoms. The molecule has 0 aliphatic heterocycles. The molecule has 0 unspecified atom stereocenters. The maximum absolute atomic E-state index is 6.51. The van der Waals surface area contributed by atoms with Gasteiger partial charge in [-0.3, -0.25) is 4.57 Å². The first kappa shape index (κ1) is 22.6. The molecule has 1 aliphatic carbocycles. The van der Waals surface area contributed by atoms with Gasteiger partial charge in [-0.2, -0.15) is 0 Å². The molecule has 0 radical (unpaired) electrons. The van der Waals surface area contributed by atoms with E-state index in [1.807, 2.05) is 12.1 Å². The summed E-state index contributed by atoms with van der Waals surface area (Å²) in [5, 5.41) is 4.45. The third kappa shape index (κ3) is 2.94. The Morgan fingerprint density at radius 3 is 2.20 bits per heavy atom. The Hall–Kier alpha value is -5.22. The summed E-state index contributed by atoms with van der Waals surface area (Å²) >= 11 is 0. The number of aromatic nitrogens is 3. The van der Waals surface area contributed by atoms with Crippen molar-refractivity contribution in [2.24, 2.45) is 0 Å². The summed E-state index contributed by atoms with van der Waals surface area (Å²) in [7, 11) is 0. The van der Waals surface area contributed by atoms with Gasteiger partial charge in [-0.05, 0) is 29.8 Å². The molecule has 5 aromatic carbocycles. The van der Waals surface area contributed by atoms with Crippen LogP contribution < -0.4 is 0 Å². The van der Waals surface area contributed by atoms with Crippen molar-refractivity contribution in [1.29, 1.82) is 0 Å². The van der Waals surface area contributed by atoms with Gasteiger partial charge >= 0.3 is 0 Å². The van der Waals surface area contributed by atoms with E-state index in [-0.39, 0.29) is 5.41 Å². The van der Waals surface area contributed by atoms with Crippen LogP contribution in [0.5, 0.6) is 0 Å². The van der Waals surface area contributed by atoms with Crippen molar-refractivity contribution in [2.75, 3.05) is 0 Å². The van der Waals surface area contributed by atoms with E-state index in [0.29, 0.717) is 5.95 Å². The van der Waals surface area contributed by atoms with Gasteiger partial charge in [-0.1, -0.05) is 105 Å². The van der Waals surface area contributed by atoms with Gasteiger partial charge in [0.25, 0.3) is 0 Å². The molecule has 8 aromatic rings. The number of fused-ring (bicyclic) bond motifs is 10. The Bertz CT molecular complexity index is 2340. The Labute approximate surface area is 236 Å². The first-order valence-corrected chi connectivity index (χ1v) is 14.0. The van der Waals surface area contributed by atoms with Gasteiger partial charge in [-0.15, -0.1) is 0 Å². The predicted octanol–water partition coefficient (Wildman–Crippen LogP) is 9.45. The van der Waals surface area contributed by atoms with Crippen LogP contribution in [0.15, 0.2) is 120 Å². The van der Waals surface area contributed by atoms with Gasteiger partial charge in [0.15, 0.2) is 0 Å². The minimum Gasteiger partial charge on any atom is -0.455 e. The number of rotatable bonds is 2. The summed E-state index contributed by atoms with van der Waals surface area (Å²) in [5.41, 5.74) is 10.4. The molecule has 9 rings (SSSR count). The van der Waals surface area contributed by atoms with E-state index >= 15 is 0 Å². The summed E-state index contributed by atoms with van der Waals surface area (Å²) < 4.78 is 8.72. The molecule has 0 atom stereocenters. The fourth-order valence-corrected chi connectivity index (χ4v) is 6.96. The highest BCUT2D eigenvalue weighted by molar-refractivity contribution is 6.23. The van der Waals surface area contributed by atoms with Crippen molar-refractivity contribution in [1.82, 2.24) is 14.5 Å². The third-order valence-corrected chi connectivity index (χ3v) is 8.81. The van der Waals surface area contributed by atoms with E-state index in [9.17, 15) is 0 Å². The smallest absolute Gasteiger partial charge is 0.235 e. The van der Waals surface area contributed by atoms with Crippen molar-refractivity contribution in [2.45, 2.75) is 19.3 Å². The summed E-state index contributed by atoms with van der Waals surface area (Å²) in [6.07, 6.45) is 0. The number of furan rings is 1. The molecule has 0 spiro atoms. The van der Waals surface area contributed by atoms with Gasteiger partial charge in [0.05, 0.1) is 27.8 Å². The van der Waals surface area contributed by atoms with Crippen LogP contribution in [0.25, 0.3) is 72.2 Å². The molecule has 1 aliphatic rings. The van der Waals surface area contributed by atoms with E-state index in [2.05, 4.69) is 122 Å². The van der Waals surface area contributed by atoms with Crippen LogP contribution in [-0.4, -0.2) is 14.5 Å². The lowest BCUT2D eigenvalue weighted by atomic mass is 9.81. The van der Waals surface area contributed by atoms with Crippen molar-refractivity contribution in [3.63, 3.8) is 0 Å². The van der Waals surface area contributed by atoms with Gasteiger partial charge < -0.3 is 4.42 Å². The molecule has 0 N–H and O–H groups in total. The van der Waals surface area contributed by atoms with Gasteiger partial charge in [0, 0.05) is 38.3 Å². The van der Waals surface area contributed by atoms with Crippen molar-refractivity contribution in [3.05, 3.63) is 126 Å². The molecule has 194 valence electrons. The monoisotopic (exact) mass is 527 g/mol. The zero-order chi connectivity index (χ0) is 27.3. The number of benzene rings is 5. The Morgan fingerprint density at radius 1 is 0.610 bits per heavy atom. The molecule has 3 heterocycles. The number of nitrogens with zero attached hydrogens (tertiary/aromatic N) is 3. The molecule has 4 nitrogen and oxygen atoms in total. The lowest BCUT2D eigenvalue weighted by molar-refractivity contribution is 0.657. The van der Waals surface area contributed by atoms with Crippen molar-refractivity contribution >= 4 is 43.7 Å². The fraction of sp³-hybridized carbons (Fsp3) is 0.0811. The number of hydrogen-bond donors (Lipinski definition) is 0. The molecule has 41 heavy (non-hydrogen) atoms. The maximum Gasteiger partial charge on any atom is 0.235 e. The molecular weight excluding hydrogens is 502 g/mol. The molecule has 0 saturated heterocycles. The number of para-hydroxylation sites is 2. The van der Waals surface area contributed by atoms with Crippen LogP contribution in [0.2, 0.25) is 0 Å². The maximum atomic E-state index is 6.51. The van der Waals surface area contributed by atoms with Crippen LogP contribution in [0.1, 0.15) is 25.0 Å². The zero-order valence-corrected chi connectivity index (χ0v) is 22.7. The normalized spacial score (nSPS) is 13.8. The summed E-state index contributed by atoms with van der Waals surface area (Å²) in [6.45, 7) is 4.57. The fourth-order valence-electron chi connectivity index (χ4n) is 6.96. The largest absolute Gasteiger partial charge is 0.455 e. The van der Waals surface area contributed by atoms with Crippen LogP contribution >= 0.6 is 0 Å². The highest BCUT2D eigenvalue weighted by atomic mass is 16.3. The van der Waals surface area contributed by atoms with Crippen molar-refractivity contribution in [3.8, 4) is 28.5 Å². The van der Waals surface area contributed by atoms with Gasteiger partial charge in [0.2, 0.25) is 5.95 Å². The van der Waals surface area contributed by atoms with E-state index in [0.717, 1.165) is 60.7 Å². The average molecular weight is 528 g/mol. The highest BCUT2D eigenvalue weighted by Crippen LogP contribution is 2.51.